The molecule has 1 aromatic rings. The molecule has 64 valence electrons. The van der Waals surface area contributed by atoms with Crippen molar-refractivity contribution in [2.24, 2.45) is 0 Å². The molecule has 1 aliphatic heterocycles. The first-order chi connectivity index (χ1) is 5.97. The standard InChI is InChI=1S/C9H12N2S/c1-2-7-12-9(5-1)8-4-3-6-10-11-8/h3-4,6,9H,1-2,5,7H2. The molecule has 0 amide bonds. The largest absolute Gasteiger partial charge is 0.159 e. The van der Waals surface area contributed by atoms with Gasteiger partial charge in [-0.25, -0.2) is 0 Å². The number of nitrogens with zero attached hydrogens (tertiary/aromatic N) is 2. The normalized spacial score (nSPS) is 23.8. The van der Waals surface area contributed by atoms with Gasteiger partial charge in [-0.2, -0.15) is 22.0 Å². The molecule has 1 fully saturated rings. The van der Waals surface area contributed by atoms with Crippen molar-refractivity contribution in [3.05, 3.63) is 24.0 Å². The summed E-state index contributed by atoms with van der Waals surface area (Å²) >= 11 is 2.01. The van der Waals surface area contributed by atoms with Crippen LogP contribution in [-0.2, 0) is 0 Å². The van der Waals surface area contributed by atoms with Crippen LogP contribution in [0.2, 0.25) is 0 Å². The Morgan fingerprint density at radius 3 is 3.08 bits per heavy atom. The fourth-order valence-corrected chi connectivity index (χ4v) is 2.74. The van der Waals surface area contributed by atoms with Crippen LogP contribution in [-0.4, -0.2) is 16.0 Å². The van der Waals surface area contributed by atoms with E-state index in [0.717, 1.165) is 5.69 Å². The van der Waals surface area contributed by atoms with Gasteiger partial charge in [-0.3, -0.25) is 0 Å². The lowest BCUT2D eigenvalue weighted by atomic mass is 10.1. The first-order valence-electron chi connectivity index (χ1n) is 4.36. The second-order valence-electron chi connectivity index (χ2n) is 3.00. The van der Waals surface area contributed by atoms with Crippen LogP contribution in [0.1, 0.15) is 30.2 Å². The molecule has 1 unspecified atom stereocenters. The minimum atomic E-state index is 0.604. The molecule has 1 atom stereocenters. The minimum Gasteiger partial charge on any atom is -0.159 e. The Morgan fingerprint density at radius 1 is 1.42 bits per heavy atom. The highest BCUT2D eigenvalue weighted by Gasteiger charge is 2.16. The molecule has 0 saturated carbocycles. The van der Waals surface area contributed by atoms with Crippen LogP contribution in [0.5, 0.6) is 0 Å². The van der Waals surface area contributed by atoms with Gasteiger partial charge in [-0.05, 0) is 30.7 Å². The van der Waals surface area contributed by atoms with E-state index in [2.05, 4.69) is 16.3 Å². The molecule has 12 heavy (non-hydrogen) atoms. The van der Waals surface area contributed by atoms with Crippen LogP contribution in [0, 0.1) is 0 Å². The monoisotopic (exact) mass is 180 g/mol. The molecule has 1 saturated heterocycles. The van der Waals surface area contributed by atoms with Gasteiger partial charge in [0.05, 0.1) is 5.69 Å². The van der Waals surface area contributed by atoms with Gasteiger partial charge in [0.1, 0.15) is 0 Å². The van der Waals surface area contributed by atoms with E-state index in [1.165, 1.54) is 25.0 Å². The Labute approximate surface area is 76.8 Å². The van der Waals surface area contributed by atoms with Crippen LogP contribution in [0.25, 0.3) is 0 Å². The molecule has 0 N–H and O–H groups in total. The van der Waals surface area contributed by atoms with Crippen molar-refractivity contribution in [2.45, 2.75) is 24.5 Å². The first kappa shape index (κ1) is 8.05. The van der Waals surface area contributed by atoms with E-state index >= 15 is 0 Å². The van der Waals surface area contributed by atoms with E-state index in [4.69, 9.17) is 0 Å². The molecule has 0 bridgehead atoms. The van der Waals surface area contributed by atoms with Crippen molar-refractivity contribution in [2.75, 3.05) is 5.75 Å². The highest BCUT2D eigenvalue weighted by Crippen LogP contribution is 2.36. The van der Waals surface area contributed by atoms with Crippen molar-refractivity contribution >= 4 is 11.8 Å². The number of hydrogen-bond donors (Lipinski definition) is 0. The molecular formula is C9H12N2S. The van der Waals surface area contributed by atoms with Gasteiger partial charge in [0.2, 0.25) is 0 Å². The third-order valence-electron chi connectivity index (χ3n) is 2.10. The zero-order valence-corrected chi connectivity index (χ0v) is 7.76. The van der Waals surface area contributed by atoms with Crippen LogP contribution >= 0.6 is 11.8 Å². The summed E-state index contributed by atoms with van der Waals surface area (Å²) in [6, 6.07) is 4.05. The zero-order valence-electron chi connectivity index (χ0n) is 6.94. The van der Waals surface area contributed by atoms with Crippen molar-refractivity contribution < 1.29 is 0 Å². The summed E-state index contributed by atoms with van der Waals surface area (Å²) in [5.74, 6) is 1.28. The van der Waals surface area contributed by atoms with Crippen LogP contribution < -0.4 is 0 Å². The lowest BCUT2D eigenvalue weighted by Crippen LogP contribution is -2.04. The fourth-order valence-electron chi connectivity index (χ4n) is 1.46. The Kier molecular flexibility index (Phi) is 2.61. The highest BCUT2D eigenvalue weighted by molar-refractivity contribution is 7.99. The van der Waals surface area contributed by atoms with Crippen molar-refractivity contribution in [3.63, 3.8) is 0 Å². The van der Waals surface area contributed by atoms with Gasteiger partial charge in [-0.1, -0.05) is 6.42 Å². The molecule has 2 heterocycles. The fraction of sp³-hybridized carbons (Fsp3) is 0.556. The second kappa shape index (κ2) is 3.90. The molecule has 1 aromatic heterocycles. The summed E-state index contributed by atoms with van der Waals surface area (Å²) in [7, 11) is 0. The molecule has 2 nitrogen and oxygen atoms in total. The number of hydrogen-bond acceptors (Lipinski definition) is 3. The number of thioether (sulfide) groups is 1. The molecule has 0 aromatic carbocycles. The summed E-state index contributed by atoms with van der Waals surface area (Å²) in [6.07, 6.45) is 5.70. The lowest BCUT2D eigenvalue weighted by molar-refractivity contribution is 0.668. The second-order valence-corrected chi connectivity index (χ2v) is 4.31. The van der Waals surface area contributed by atoms with Gasteiger partial charge in [0.15, 0.2) is 0 Å². The molecule has 1 aliphatic rings. The third-order valence-corrected chi connectivity index (χ3v) is 3.51. The molecular weight excluding hydrogens is 168 g/mol. The Hall–Kier alpha value is -0.570. The van der Waals surface area contributed by atoms with Gasteiger partial charge >= 0.3 is 0 Å². The summed E-state index contributed by atoms with van der Waals surface area (Å²) in [6.45, 7) is 0. The summed E-state index contributed by atoms with van der Waals surface area (Å²) in [4.78, 5) is 0. The Bertz CT molecular complexity index is 232. The van der Waals surface area contributed by atoms with Gasteiger partial charge in [0, 0.05) is 11.4 Å². The van der Waals surface area contributed by atoms with Crippen molar-refractivity contribution in [1.29, 1.82) is 0 Å². The Morgan fingerprint density at radius 2 is 2.42 bits per heavy atom. The minimum absolute atomic E-state index is 0.604. The van der Waals surface area contributed by atoms with E-state index in [-0.39, 0.29) is 0 Å². The summed E-state index contributed by atoms with van der Waals surface area (Å²) in [5, 5.41) is 8.63. The maximum absolute atomic E-state index is 4.13. The molecule has 0 radical (unpaired) electrons. The quantitative estimate of drug-likeness (QED) is 0.664. The van der Waals surface area contributed by atoms with E-state index in [0.29, 0.717) is 5.25 Å². The average molecular weight is 180 g/mol. The smallest absolute Gasteiger partial charge is 0.0760 e. The summed E-state index contributed by atoms with van der Waals surface area (Å²) in [5.41, 5.74) is 1.15. The van der Waals surface area contributed by atoms with E-state index in [1.54, 1.807) is 6.20 Å². The maximum atomic E-state index is 4.13. The first-order valence-corrected chi connectivity index (χ1v) is 5.41. The average Bonchev–Trinajstić information content (AvgIpc) is 2.21. The number of aromatic nitrogens is 2. The third kappa shape index (κ3) is 1.78. The van der Waals surface area contributed by atoms with Gasteiger partial charge in [0.25, 0.3) is 0 Å². The predicted molar refractivity (Wildman–Crippen MR) is 51.1 cm³/mol. The topological polar surface area (TPSA) is 25.8 Å². The van der Waals surface area contributed by atoms with E-state index in [9.17, 15) is 0 Å². The van der Waals surface area contributed by atoms with E-state index < -0.39 is 0 Å². The highest BCUT2D eigenvalue weighted by atomic mass is 32.2. The van der Waals surface area contributed by atoms with Crippen molar-refractivity contribution in [3.8, 4) is 0 Å². The molecule has 3 heteroatoms. The van der Waals surface area contributed by atoms with Crippen LogP contribution in [0.4, 0.5) is 0 Å². The van der Waals surface area contributed by atoms with Crippen LogP contribution in [0.15, 0.2) is 18.3 Å². The predicted octanol–water partition coefficient (Wildman–Crippen LogP) is 2.43. The maximum Gasteiger partial charge on any atom is 0.0760 e. The zero-order chi connectivity index (χ0) is 8.23. The molecule has 2 rings (SSSR count). The Balaban J connectivity index is 2.08. The van der Waals surface area contributed by atoms with Gasteiger partial charge < -0.3 is 0 Å². The summed E-state index contributed by atoms with van der Waals surface area (Å²) < 4.78 is 0. The molecule has 0 aliphatic carbocycles. The lowest BCUT2D eigenvalue weighted by Gasteiger charge is -2.19. The van der Waals surface area contributed by atoms with Crippen LogP contribution in [0.3, 0.4) is 0 Å². The number of rotatable bonds is 1. The van der Waals surface area contributed by atoms with Crippen molar-refractivity contribution in [1.82, 2.24) is 10.2 Å². The van der Waals surface area contributed by atoms with E-state index in [1.807, 2.05) is 17.8 Å². The molecule has 0 spiro atoms. The van der Waals surface area contributed by atoms with Gasteiger partial charge in [-0.15, -0.1) is 0 Å². The SMILES string of the molecule is c1cnnc(C2CCCCS2)c1.